The minimum Gasteiger partial charge on any atom is -0.396 e. The van der Waals surface area contributed by atoms with E-state index in [0.29, 0.717) is 6.42 Å². The normalized spacial score (nSPS) is 13.0. The van der Waals surface area contributed by atoms with Gasteiger partial charge < -0.3 is 10.0 Å². The molecule has 0 fully saturated rings. The first-order chi connectivity index (χ1) is 8.56. The smallest absolute Gasteiger partial charge is 0.159 e. The Labute approximate surface area is 107 Å². The molecule has 0 aliphatic rings. The number of benzene rings is 1. The van der Waals surface area contributed by atoms with E-state index in [2.05, 4.69) is 4.90 Å². The van der Waals surface area contributed by atoms with Gasteiger partial charge in [0, 0.05) is 19.7 Å². The molecule has 0 aliphatic carbocycles. The Hall–Kier alpha value is -1.00. The molecular formula is C14H21F2NO. The van der Waals surface area contributed by atoms with Gasteiger partial charge in [-0.25, -0.2) is 8.78 Å². The van der Waals surface area contributed by atoms with Crippen LogP contribution in [0, 0.1) is 17.6 Å². The summed E-state index contributed by atoms with van der Waals surface area (Å²) in [5, 5.41) is 9.11. The van der Waals surface area contributed by atoms with E-state index >= 15 is 0 Å². The molecule has 102 valence electrons. The lowest BCUT2D eigenvalue weighted by atomic mass is 10.1. The monoisotopic (exact) mass is 257 g/mol. The molecular weight excluding hydrogens is 236 g/mol. The Kier molecular flexibility index (Phi) is 6.22. The summed E-state index contributed by atoms with van der Waals surface area (Å²) in [5.74, 6) is -1.32. The molecule has 1 rings (SSSR count). The first kappa shape index (κ1) is 15.1. The van der Waals surface area contributed by atoms with Crippen molar-refractivity contribution < 1.29 is 13.9 Å². The third kappa shape index (κ3) is 4.70. The number of likely N-dealkylation sites (N-methyl/N-ethyl adjacent to an activating group) is 1. The predicted octanol–water partition coefficient (Wildman–Crippen LogP) is 2.46. The summed E-state index contributed by atoms with van der Waals surface area (Å²) >= 11 is 0. The lowest BCUT2D eigenvalue weighted by Crippen LogP contribution is -2.29. The van der Waals surface area contributed by atoms with Gasteiger partial charge in [0.1, 0.15) is 0 Å². The Morgan fingerprint density at radius 2 is 2.00 bits per heavy atom. The summed E-state index contributed by atoms with van der Waals surface area (Å²) in [6, 6.07) is 4.01. The summed E-state index contributed by atoms with van der Waals surface area (Å²) in [6.07, 6.45) is 1.61. The number of nitrogens with zero attached hydrogens (tertiary/aromatic N) is 1. The van der Waals surface area contributed by atoms with Crippen LogP contribution in [0.1, 0.15) is 18.9 Å². The molecule has 4 heteroatoms. The zero-order valence-corrected chi connectivity index (χ0v) is 11.0. The Morgan fingerprint density at radius 3 is 2.56 bits per heavy atom. The van der Waals surface area contributed by atoms with E-state index < -0.39 is 11.6 Å². The highest BCUT2D eigenvalue weighted by Crippen LogP contribution is 2.10. The highest BCUT2D eigenvalue weighted by molar-refractivity contribution is 5.18. The lowest BCUT2D eigenvalue weighted by molar-refractivity contribution is 0.177. The third-order valence-corrected chi connectivity index (χ3v) is 3.17. The van der Waals surface area contributed by atoms with E-state index in [1.807, 2.05) is 14.0 Å². The van der Waals surface area contributed by atoms with Crippen molar-refractivity contribution in [2.75, 3.05) is 26.7 Å². The highest BCUT2D eigenvalue weighted by atomic mass is 19.2. The van der Waals surface area contributed by atoms with E-state index in [9.17, 15) is 8.78 Å². The fraction of sp³-hybridized carbons (Fsp3) is 0.571. The van der Waals surface area contributed by atoms with Gasteiger partial charge in [0.15, 0.2) is 11.6 Å². The molecule has 0 aromatic heterocycles. The van der Waals surface area contributed by atoms with Crippen LogP contribution in [0.3, 0.4) is 0 Å². The average molecular weight is 257 g/mol. The van der Waals surface area contributed by atoms with Crippen LogP contribution in [0.2, 0.25) is 0 Å². The summed E-state index contributed by atoms with van der Waals surface area (Å²) in [6.45, 7) is 3.81. The molecule has 18 heavy (non-hydrogen) atoms. The van der Waals surface area contributed by atoms with Crippen LogP contribution in [-0.4, -0.2) is 36.8 Å². The molecule has 1 aromatic rings. The van der Waals surface area contributed by atoms with E-state index in [0.717, 1.165) is 31.1 Å². The molecule has 1 aromatic carbocycles. The highest BCUT2D eigenvalue weighted by Gasteiger charge is 2.09. The van der Waals surface area contributed by atoms with Crippen molar-refractivity contribution in [1.82, 2.24) is 4.90 Å². The van der Waals surface area contributed by atoms with E-state index in [1.54, 1.807) is 6.07 Å². The molecule has 1 unspecified atom stereocenters. The second-order valence-electron chi connectivity index (χ2n) is 4.72. The average Bonchev–Trinajstić information content (AvgIpc) is 2.37. The quantitative estimate of drug-likeness (QED) is 0.811. The Balaban J connectivity index is 2.42. The van der Waals surface area contributed by atoms with Crippen molar-refractivity contribution in [3.63, 3.8) is 0 Å². The van der Waals surface area contributed by atoms with Crippen molar-refractivity contribution >= 4 is 0 Å². The maximum Gasteiger partial charge on any atom is 0.159 e. The predicted molar refractivity (Wildman–Crippen MR) is 68.4 cm³/mol. The minimum atomic E-state index is -0.807. The number of rotatable bonds is 7. The molecule has 0 amide bonds. The van der Waals surface area contributed by atoms with Gasteiger partial charge in [0.2, 0.25) is 0 Å². The molecule has 0 heterocycles. The Morgan fingerprint density at radius 1 is 1.28 bits per heavy atom. The van der Waals surface area contributed by atoms with E-state index in [-0.39, 0.29) is 12.5 Å². The third-order valence-electron chi connectivity index (χ3n) is 3.17. The number of aliphatic hydroxyl groups excluding tert-OH is 1. The van der Waals surface area contributed by atoms with Crippen LogP contribution < -0.4 is 0 Å². The first-order valence-electron chi connectivity index (χ1n) is 6.30. The molecule has 1 N–H and O–H groups in total. The van der Waals surface area contributed by atoms with Crippen LogP contribution >= 0.6 is 0 Å². The van der Waals surface area contributed by atoms with E-state index in [4.69, 9.17) is 5.11 Å². The van der Waals surface area contributed by atoms with Crippen LogP contribution in [-0.2, 0) is 6.42 Å². The standard InChI is InChI=1S/C14H21F2NO/c1-3-11(10-18)9-17(2)7-6-12-4-5-13(15)14(16)8-12/h4-5,8,11,18H,3,6-7,9-10H2,1-2H3. The zero-order valence-electron chi connectivity index (χ0n) is 11.0. The van der Waals surface area contributed by atoms with Gasteiger partial charge in [0.25, 0.3) is 0 Å². The maximum atomic E-state index is 13.0. The van der Waals surface area contributed by atoms with Crippen molar-refractivity contribution in [3.05, 3.63) is 35.4 Å². The molecule has 0 spiro atoms. The molecule has 2 nitrogen and oxygen atoms in total. The van der Waals surface area contributed by atoms with Gasteiger partial charge in [-0.15, -0.1) is 0 Å². The van der Waals surface area contributed by atoms with Crippen LogP contribution in [0.4, 0.5) is 8.78 Å². The van der Waals surface area contributed by atoms with Gasteiger partial charge in [-0.05, 0) is 43.5 Å². The summed E-state index contributed by atoms with van der Waals surface area (Å²) in [5.41, 5.74) is 0.790. The molecule has 0 radical (unpaired) electrons. The molecule has 0 saturated heterocycles. The second kappa shape index (κ2) is 7.44. The number of hydrogen-bond acceptors (Lipinski definition) is 2. The zero-order chi connectivity index (χ0) is 13.5. The summed E-state index contributed by atoms with van der Waals surface area (Å²) in [7, 11) is 1.97. The fourth-order valence-electron chi connectivity index (χ4n) is 1.86. The topological polar surface area (TPSA) is 23.5 Å². The minimum absolute atomic E-state index is 0.187. The SMILES string of the molecule is CCC(CO)CN(C)CCc1ccc(F)c(F)c1. The van der Waals surface area contributed by atoms with Gasteiger partial charge in [-0.1, -0.05) is 13.0 Å². The van der Waals surface area contributed by atoms with Crippen molar-refractivity contribution in [2.24, 2.45) is 5.92 Å². The lowest BCUT2D eigenvalue weighted by Gasteiger charge is -2.21. The molecule has 0 bridgehead atoms. The van der Waals surface area contributed by atoms with Crippen molar-refractivity contribution in [2.45, 2.75) is 19.8 Å². The van der Waals surface area contributed by atoms with Gasteiger partial charge in [0.05, 0.1) is 0 Å². The van der Waals surface area contributed by atoms with Crippen molar-refractivity contribution in [1.29, 1.82) is 0 Å². The van der Waals surface area contributed by atoms with Crippen LogP contribution in [0.5, 0.6) is 0 Å². The number of halogens is 2. The largest absolute Gasteiger partial charge is 0.396 e. The van der Waals surface area contributed by atoms with Gasteiger partial charge in [-0.2, -0.15) is 0 Å². The fourth-order valence-corrected chi connectivity index (χ4v) is 1.86. The number of hydrogen-bond donors (Lipinski definition) is 1. The van der Waals surface area contributed by atoms with Crippen molar-refractivity contribution in [3.8, 4) is 0 Å². The molecule has 0 saturated carbocycles. The maximum absolute atomic E-state index is 13.0. The van der Waals surface area contributed by atoms with Crippen LogP contribution in [0.25, 0.3) is 0 Å². The Bertz CT molecular complexity index is 367. The second-order valence-corrected chi connectivity index (χ2v) is 4.72. The molecule has 1 atom stereocenters. The van der Waals surface area contributed by atoms with Gasteiger partial charge >= 0.3 is 0 Å². The first-order valence-corrected chi connectivity index (χ1v) is 6.30. The number of aliphatic hydroxyl groups is 1. The molecule has 0 aliphatic heterocycles. The summed E-state index contributed by atoms with van der Waals surface area (Å²) < 4.78 is 25.7. The van der Waals surface area contributed by atoms with Crippen LogP contribution in [0.15, 0.2) is 18.2 Å². The summed E-state index contributed by atoms with van der Waals surface area (Å²) in [4.78, 5) is 2.10. The van der Waals surface area contributed by atoms with Gasteiger partial charge in [-0.3, -0.25) is 0 Å². The van der Waals surface area contributed by atoms with E-state index in [1.165, 1.54) is 6.07 Å².